The third-order valence-electron chi connectivity index (χ3n) is 4.89. The average molecular weight is 419 g/mol. The van der Waals surface area contributed by atoms with Crippen LogP contribution in [0.15, 0.2) is 53.0 Å². The number of nitrogens with zero attached hydrogens (tertiary/aromatic N) is 2. The summed E-state index contributed by atoms with van der Waals surface area (Å²) in [5.41, 5.74) is 2.07. The molecule has 0 radical (unpaired) electrons. The van der Waals surface area contributed by atoms with Crippen LogP contribution in [-0.4, -0.2) is 35.8 Å². The Bertz CT molecular complexity index is 767. The van der Waals surface area contributed by atoms with E-state index in [1.54, 1.807) is 12.1 Å². The van der Waals surface area contributed by atoms with Crippen molar-refractivity contribution >= 4 is 21.8 Å². The van der Waals surface area contributed by atoms with Crippen molar-refractivity contribution in [2.45, 2.75) is 25.9 Å². The van der Waals surface area contributed by atoms with Crippen molar-refractivity contribution in [1.82, 2.24) is 9.80 Å². The Balaban J connectivity index is 1.59. The fourth-order valence-corrected chi connectivity index (χ4v) is 3.98. The van der Waals surface area contributed by atoms with Gasteiger partial charge in [-0.15, -0.1) is 0 Å². The predicted octanol–water partition coefficient (Wildman–Crippen LogP) is 4.46. The van der Waals surface area contributed by atoms with E-state index in [2.05, 4.69) is 20.8 Å². The number of hydrogen-bond acceptors (Lipinski definition) is 2. The molecule has 1 saturated heterocycles. The molecule has 138 valence electrons. The Morgan fingerprint density at radius 1 is 1.27 bits per heavy atom. The molecule has 0 spiro atoms. The Kier molecular flexibility index (Phi) is 6.43. The Labute approximate surface area is 162 Å². The largest absolute Gasteiger partial charge is 0.341 e. The highest BCUT2D eigenvalue weighted by atomic mass is 79.9. The molecule has 1 heterocycles. The zero-order chi connectivity index (χ0) is 18.5. The van der Waals surface area contributed by atoms with Crippen molar-refractivity contribution in [3.63, 3.8) is 0 Å². The number of rotatable bonds is 5. The van der Waals surface area contributed by atoms with Gasteiger partial charge in [0.05, 0.1) is 5.92 Å². The fraction of sp³-hybridized carbons (Fsp3) is 0.381. The second-order valence-electron chi connectivity index (χ2n) is 6.99. The maximum Gasteiger partial charge on any atom is 0.227 e. The molecule has 0 saturated carbocycles. The molecule has 1 aliphatic rings. The molecule has 5 heteroatoms. The molecule has 1 fully saturated rings. The summed E-state index contributed by atoms with van der Waals surface area (Å²) in [6, 6.07) is 14.7. The summed E-state index contributed by atoms with van der Waals surface area (Å²) in [4.78, 5) is 17.0. The van der Waals surface area contributed by atoms with E-state index in [1.165, 1.54) is 6.07 Å². The standard InChI is InChI=1S/C21H24BrFN2O/c1-24(14-17-7-2-3-10-20(17)22)21(26)18-8-5-11-25(15-18)13-16-6-4-9-19(23)12-16/h2-4,6-7,9-10,12,18H,5,8,11,13-15H2,1H3. The topological polar surface area (TPSA) is 23.6 Å². The molecule has 0 bridgehead atoms. The first-order chi connectivity index (χ1) is 12.5. The van der Waals surface area contributed by atoms with Gasteiger partial charge in [0, 0.05) is 31.2 Å². The lowest BCUT2D eigenvalue weighted by atomic mass is 9.96. The minimum absolute atomic E-state index is 0.00444. The number of likely N-dealkylation sites (tertiary alicyclic amines) is 1. The molecule has 1 amide bonds. The number of piperidine rings is 1. The van der Waals surface area contributed by atoms with E-state index in [-0.39, 0.29) is 17.6 Å². The van der Waals surface area contributed by atoms with Gasteiger partial charge >= 0.3 is 0 Å². The molecule has 26 heavy (non-hydrogen) atoms. The van der Waals surface area contributed by atoms with Gasteiger partial charge in [0.25, 0.3) is 0 Å². The van der Waals surface area contributed by atoms with Crippen LogP contribution in [0.3, 0.4) is 0 Å². The molecular formula is C21H24BrFN2O. The van der Waals surface area contributed by atoms with E-state index in [9.17, 15) is 9.18 Å². The van der Waals surface area contributed by atoms with Crippen molar-refractivity contribution < 1.29 is 9.18 Å². The van der Waals surface area contributed by atoms with E-state index < -0.39 is 0 Å². The summed E-state index contributed by atoms with van der Waals surface area (Å²) in [5.74, 6) is -0.0187. The van der Waals surface area contributed by atoms with Crippen LogP contribution < -0.4 is 0 Å². The van der Waals surface area contributed by atoms with Crippen LogP contribution >= 0.6 is 15.9 Å². The normalized spacial score (nSPS) is 17.9. The Morgan fingerprint density at radius 2 is 2.08 bits per heavy atom. The van der Waals surface area contributed by atoms with Crippen LogP contribution in [0.25, 0.3) is 0 Å². The molecule has 3 rings (SSSR count). The summed E-state index contributed by atoms with van der Waals surface area (Å²) in [5, 5.41) is 0. The van der Waals surface area contributed by atoms with E-state index in [4.69, 9.17) is 0 Å². The van der Waals surface area contributed by atoms with Crippen LogP contribution in [0.4, 0.5) is 4.39 Å². The number of hydrogen-bond donors (Lipinski definition) is 0. The molecule has 2 aromatic rings. The van der Waals surface area contributed by atoms with Crippen molar-refractivity contribution in [2.75, 3.05) is 20.1 Å². The van der Waals surface area contributed by atoms with Gasteiger partial charge in [-0.3, -0.25) is 9.69 Å². The zero-order valence-electron chi connectivity index (χ0n) is 15.0. The summed E-state index contributed by atoms with van der Waals surface area (Å²) < 4.78 is 14.4. The van der Waals surface area contributed by atoms with Crippen molar-refractivity contribution in [1.29, 1.82) is 0 Å². The van der Waals surface area contributed by atoms with E-state index in [0.717, 1.165) is 41.5 Å². The number of amides is 1. The van der Waals surface area contributed by atoms with Gasteiger partial charge in [-0.2, -0.15) is 0 Å². The minimum atomic E-state index is -0.208. The van der Waals surface area contributed by atoms with E-state index >= 15 is 0 Å². The van der Waals surface area contributed by atoms with Crippen molar-refractivity contribution in [3.05, 3.63) is 69.9 Å². The monoisotopic (exact) mass is 418 g/mol. The van der Waals surface area contributed by atoms with Crippen LogP contribution in [0.5, 0.6) is 0 Å². The maximum atomic E-state index is 13.4. The molecule has 3 nitrogen and oxygen atoms in total. The molecule has 0 aromatic heterocycles. The number of halogens is 2. The van der Waals surface area contributed by atoms with Crippen LogP contribution in [-0.2, 0) is 17.9 Å². The first-order valence-electron chi connectivity index (χ1n) is 8.98. The summed E-state index contributed by atoms with van der Waals surface area (Å²) in [6.07, 6.45) is 1.91. The highest BCUT2D eigenvalue weighted by molar-refractivity contribution is 9.10. The summed E-state index contributed by atoms with van der Waals surface area (Å²) >= 11 is 3.55. The molecule has 2 aromatic carbocycles. The smallest absolute Gasteiger partial charge is 0.227 e. The van der Waals surface area contributed by atoms with Crippen molar-refractivity contribution in [2.24, 2.45) is 5.92 Å². The Hall–Kier alpha value is -1.72. The highest BCUT2D eigenvalue weighted by Crippen LogP contribution is 2.23. The van der Waals surface area contributed by atoms with Gasteiger partial charge in [0.2, 0.25) is 5.91 Å². The van der Waals surface area contributed by atoms with Gasteiger partial charge in [0.15, 0.2) is 0 Å². The van der Waals surface area contributed by atoms with Crippen LogP contribution in [0.2, 0.25) is 0 Å². The Morgan fingerprint density at radius 3 is 2.85 bits per heavy atom. The lowest BCUT2D eigenvalue weighted by Gasteiger charge is -2.34. The molecule has 1 aliphatic heterocycles. The number of carbonyl (C=O) groups excluding carboxylic acids is 1. The summed E-state index contributed by atoms with van der Waals surface area (Å²) in [6.45, 7) is 2.97. The SMILES string of the molecule is CN(Cc1ccccc1Br)C(=O)C1CCCN(Cc2cccc(F)c2)C1. The fourth-order valence-electron chi connectivity index (χ4n) is 3.57. The zero-order valence-corrected chi connectivity index (χ0v) is 16.6. The average Bonchev–Trinajstić information content (AvgIpc) is 2.63. The molecule has 0 N–H and O–H groups in total. The van der Waals surface area contributed by atoms with E-state index in [1.807, 2.05) is 42.3 Å². The molecule has 0 aliphatic carbocycles. The third kappa shape index (κ3) is 4.92. The first-order valence-corrected chi connectivity index (χ1v) is 9.77. The quantitative estimate of drug-likeness (QED) is 0.715. The third-order valence-corrected chi connectivity index (χ3v) is 5.67. The van der Waals surface area contributed by atoms with Gasteiger partial charge in [-0.1, -0.05) is 46.3 Å². The van der Waals surface area contributed by atoms with Gasteiger partial charge in [0.1, 0.15) is 5.82 Å². The molecule has 1 unspecified atom stereocenters. The lowest BCUT2D eigenvalue weighted by molar-refractivity contribution is -0.136. The second-order valence-corrected chi connectivity index (χ2v) is 7.84. The lowest BCUT2D eigenvalue weighted by Crippen LogP contribution is -2.43. The maximum absolute atomic E-state index is 13.4. The first kappa shape index (κ1) is 19.1. The number of carbonyl (C=O) groups is 1. The van der Waals surface area contributed by atoms with Gasteiger partial charge in [-0.25, -0.2) is 4.39 Å². The molecular weight excluding hydrogens is 395 g/mol. The van der Waals surface area contributed by atoms with Gasteiger partial charge < -0.3 is 4.90 Å². The predicted molar refractivity (Wildman–Crippen MR) is 105 cm³/mol. The number of benzene rings is 2. The van der Waals surface area contributed by atoms with Crippen molar-refractivity contribution in [3.8, 4) is 0 Å². The summed E-state index contributed by atoms with van der Waals surface area (Å²) in [7, 11) is 1.87. The van der Waals surface area contributed by atoms with Crippen LogP contribution in [0, 0.1) is 11.7 Å². The highest BCUT2D eigenvalue weighted by Gasteiger charge is 2.28. The van der Waals surface area contributed by atoms with Crippen LogP contribution in [0.1, 0.15) is 24.0 Å². The second kappa shape index (κ2) is 8.78. The minimum Gasteiger partial charge on any atom is -0.341 e. The molecule has 1 atom stereocenters. The van der Waals surface area contributed by atoms with E-state index in [0.29, 0.717) is 13.1 Å². The van der Waals surface area contributed by atoms with Gasteiger partial charge in [-0.05, 0) is 48.7 Å².